The van der Waals surface area contributed by atoms with Crippen molar-refractivity contribution < 1.29 is 27.1 Å². The molecular weight excluding hydrogens is 373 g/mol. The Morgan fingerprint density at radius 1 is 1.00 bits per heavy atom. The van der Waals surface area contributed by atoms with Gasteiger partial charge >= 0.3 is 5.97 Å². The van der Waals surface area contributed by atoms with E-state index >= 15 is 0 Å². The molecule has 0 heterocycles. The van der Waals surface area contributed by atoms with Gasteiger partial charge in [-0.15, -0.1) is 0 Å². The van der Waals surface area contributed by atoms with Crippen molar-refractivity contribution in [2.75, 3.05) is 19.4 Å². The molecule has 0 saturated heterocycles. The molecule has 0 aliphatic carbocycles. The smallest absolute Gasteiger partial charge is 0.338 e. The Labute approximate surface area is 157 Å². The van der Waals surface area contributed by atoms with Crippen LogP contribution in [-0.4, -0.2) is 39.7 Å². The molecule has 8 heteroatoms. The zero-order chi connectivity index (χ0) is 19.9. The number of halogens is 1. The maximum Gasteiger partial charge on any atom is 0.338 e. The van der Waals surface area contributed by atoms with E-state index in [4.69, 9.17) is 4.74 Å². The molecule has 27 heavy (non-hydrogen) atoms. The van der Waals surface area contributed by atoms with Gasteiger partial charge in [0.1, 0.15) is 5.82 Å². The van der Waals surface area contributed by atoms with Crippen LogP contribution >= 0.6 is 0 Å². The van der Waals surface area contributed by atoms with Crippen LogP contribution in [0.2, 0.25) is 0 Å². The summed E-state index contributed by atoms with van der Waals surface area (Å²) in [7, 11) is -3.15. The molecule has 0 radical (unpaired) electrons. The Balaban J connectivity index is 1.74. The minimum absolute atomic E-state index is 0.112. The second-order valence-electron chi connectivity index (χ2n) is 6.07. The highest BCUT2D eigenvalue weighted by Crippen LogP contribution is 2.09. The van der Waals surface area contributed by atoms with Crippen LogP contribution in [0.5, 0.6) is 0 Å². The summed E-state index contributed by atoms with van der Waals surface area (Å²) in [4.78, 5) is 23.6. The third-order valence-electron chi connectivity index (χ3n) is 3.60. The maximum absolute atomic E-state index is 12.8. The predicted molar refractivity (Wildman–Crippen MR) is 98.4 cm³/mol. The topological polar surface area (TPSA) is 89.5 Å². The molecule has 0 fully saturated rings. The summed E-state index contributed by atoms with van der Waals surface area (Å²) in [5.74, 6) is -1.55. The number of hydrogen-bond acceptors (Lipinski definition) is 5. The molecule has 0 aliphatic heterocycles. The molecule has 0 aromatic heterocycles. The molecule has 0 saturated carbocycles. The predicted octanol–water partition coefficient (Wildman–Crippen LogP) is 1.89. The molecule has 0 atom stereocenters. The second-order valence-corrected chi connectivity index (χ2v) is 8.21. The van der Waals surface area contributed by atoms with Gasteiger partial charge in [0.05, 0.1) is 11.3 Å². The fraction of sp³-hybridized carbons (Fsp3) is 0.263. The lowest BCUT2D eigenvalue weighted by molar-refractivity contribution is -0.124. The van der Waals surface area contributed by atoms with Gasteiger partial charge in [-0.05, 0) is 41.8 Å². The Bertz CT molecular complexity index is 893. The largest absolute Gasteiger partial charge is 0.452 e. The Hall–Kier alpha value is -2.74. The van der Waals surface area contributed by atoms with E-state index in [2.05, 4.69) is 5.32 Å². The number of esters is 1. The summed E-state index contributed by atoms with van der Waals surface area (Å²) in [6.45, 7) is -0.0878. The lowest BCUT2D eigenvalue weighted by Gasteiger charge is -2.07. The molecule has 2 aromatic rings. The molecule has 0 bridgehead atoms. The molecule has 1 amide bonds. The lowest BCUT2D eigenvalue weighted by atomic mass is 10.1. The van der Waals surface area contributed by atoms with E-state index in [1.807, 2.05) is 0 Å². The zero-order valence-electron chi connectivity index (χ0n) is 14.8. The van der Waals surface area contributed by atoms with Crippen LogP contribution in [0.15, 0.2) is 48.5 Å². The van der Waals surface area contributed by atoms with Crippen molar-refractivity contribution in [2.24, 2.45) is 0 Å². The first-order chi connectivity index (χ1) is 12.7. The van der Waals surface area contributed by atoms with Crippen molar-refractivity contribution in [1.82, 2.24) is 5.32 Å². The summed E-state index contributed by atoms with van der Waals surface area (Å²) in [5.41, 5.74) is 1.67. The van der Waals surface area contributed by atoms with Gasteiger partial charge in [0, 0.05) is 12.8 Å². The van der Waals surface area contributed by atoms with Crippen LogP contribution < -0.4 is 5.32 Å². The third kappa shape index (κ3) is 7.57. The van der Waals surface area contributed by atoms with Gasteiger partial charge in [-0.25, -0.2) is 17.6 Å². The van der Waals surface area contributed by atoms with Crippen molar-refractivity contribution >= 4 is 21.7 Å². The summed E-state index contributed by atoms with van der Waals surface area (Å²) in [6.07, 6.45) is 1.66. The number of hydrogen-bond donors (Lipinski definition) is 1. The highest BCUT2D eigenvalue weighted by Gasteiger charge is 2.11. The molecule has 2 aromatic carbocycles. The van der Waals surface area contributed by atoms with Gasteiger partial charge in [0.2, 0.25) is 0 Å². The highest BCUT2D eigenvalue weighted by molar-refractivity contribution is 7.89. The van der Waals surface area contributed by atoms with E-state index in [9.17, 15) is 22.4 Å². The van der Waals surface area contributed by atoms with Crippen LogP contribution in [0.25, 0.3) is 0 Å². The summed E-state index contributed by atoms with van der Waals surface area (Å²) in [6, 6.07) is 11.9. The van der Waals surface area contributed by atoms with E-state index in [0.29, 0.717) is 18.5 Å². The molecule has 2 rings (SSSR count). The van der Waals surface area contributed by atoms with Crippen molar-refractivity contribution in [3.8, 4) is 0 Å². The van der Waals surface area contributed by atoms with Gasteiger partial charge in [-0.3, -0.25) is 4.79 Å². The number of benzene rings is 2. The first-order valence-electron chi connectivity index (χ1n) is 8.18. The Kier molecular flexibility index (Phi) is 7.06. The van der Waals surface area contributed by atoms with Gasteiger partial charge < -0.3 is 10.1 Å². The van der Waals surface area contributed by atoms with Gasteiger partial charge in [-0.2, -0.15) is 0 Å². The number of sulfone groups is 1. The van der Waals surface area contributed by atoms with E-state index in [0.717, 1.165) is 11.8 Å². The van der Waals surface area contributed by atoms with Crippen LogP contribution in [-0.2, 0) is 31.5 Å². The summed E-state index contributed by atoms with van der Waals surface area (Å²) < 4.78 is 40.2. The molecule has 0 aliphatic rings. The van der Waals surface area contributed by atoms with Crippen LogP contribution in [0, 0.1) is 5.82 Å². The molecule has 0 unspecified atom stereocenters. The van der Waals surface area contributed by atoms with Gasteiger partial charge in [-0.1, -0.05) is 24.3 Å². The Morgan fingerprint density at radius 2 is 1.59 bits per heavy atom. The van der Waals surface area contributed by atoms with E-state index < -0.39 is 28.3 Å². The monoisotopic (exact) mass is 393 g/mol. The molecular formula is C19H20FNO5S. The SMILES string of the molecule is CS(=O)(=O)Cc1ccc(C(=O)OCC(=O)NCCc2ccc(F)cc2)cc1. The number of amides is 1. The fourth-order valence-electron chi connectivity index (χ4n) is 2.30. The van der Waals surface area contributed by atoms with Crippen LogP contribution in [0.4, 0.5) is 4.39 Å². The average Bonchev–Trinajstić information content (AvgIpc) is 2.60. The molecule has 144 valence electrons. The van der Waals surface area contributed by atoms with Gasteiger partial charge in [0.15, 0.2) is 16.4 Å². The van der Waals surface area contributed by atoms with Crippen LogP contribution in [0.3, 0.4) is 0 Å². The summed E-state index contributed by atoms with van der Waals surface area (Å²) >= 11 is 0. The number of carbonyl (C=O) groups is 2. The van der Waals surface area contributed by atoms with Crippen molar-refractivity contribution in [3.63, 3.8) is 0 Å². The number of rotatable bonds is 8. The lowest BCUT2D eigenvalue weighted by Crippen LogP contribution is -2.30. The van der Waals surface area contributed by atoms with E-state index in [1.165, 1.54) is 36.4 Å². The van der Waals surface area contributed by atoms with Crippen LogP contribution in [0.1, 0.15) is 21.5 Å². The highest BCUT2D eigenvalue weighted by atomic mass is 32.2. The van der Waals surface area contributed by atoms with Crippen molar-refractivity contribution in [2.45, 2.75) is 12.2 Å². The van der Waals surface area contributed by atoms with Crippen molar-refractivity contribution in [3.05, 3.63) is 71.0 Å². The Morgan fingerprint density at radius 3 is 2.19 bits per heavy atom. The summed E-state index contributed by atoms with van der Waals surface area (Å²) in [5, 5.41) is 2.61. The second kappa shape index (κ2) is 9.27. The zero-order valence-corrected chi connectivity index (χ0v) is 15.6. The number of nitrogens with one attached hydrogen (secondary N) is 1. The molecule has 0 spiro atoms. The fourth-order valence-corrected chi connectivity index (χ4v) is 3.10. The quantitative estimate of drug-likeness (QED) is 0.692. The maximum atomic E-state index is 12.8. The average molecular weight is 393 g/mol. The van der Waals surface area contributed by atoms with Crippen molar-refractivity contribution in [1.29, 1.82) is 0 Å². The first-order valence-corrected chi connectivity index (χ1v) is 10.2. The third-order valence-corrected chi connectivity index (χ3v) is 4.46. The minimum Gasteiger partial charge on any atom is -0.452 e. The number of carbonyl (C=O) groups excluding carboxylic acids is 2. The number of ether oxygens (including phenoxy) is 1. The van der Waals surface area contributed by atoms with E-state index in [-0.39, 0.29) is 17.1 Å². The van der Waals surface area contributed by atoms with E-state index in [1.54, 1.807) is 12.1 Å². The molecule has 1 N–H and O–H groups in total. The normalized spacial score (nSPS) is 11.0. The minimum atomic E-state index is -3.15. The first kappa shape index (κ1) is 20.6. The standard InChI is InChI=1S/C19H20FNO5S/c1-27(24,25)13-15-2-6-16(7-3-15)19(23)26-12-18(22)21-11-10-14-4-8-17(20)9-5-14/h2-9H,10-13H2,1H3,(H,21,22). The molecule has 6 nitrogen and oxygen atoms in total. The van der Waals surface area contributed by atoms with Gasteiger partial charge in [0.25, 0.3) is 5.91 Å².